The van der Waals surface area contributed by atoms with Crippen LogP contribution in [0.4, 0.5) is 18.9 Å². The lowest BCUT2D eigenvalue weighted by Crippen LogP contribution is -2.38. The number of ether oxygens (including phenoxy) is 1. The molecule has 3 rings (SSSR count). The van der Waals surface area contributed by atoms with Gasteiger partial charge in [0, 0.05) is 12.2 Å². The Labute approximate surface area is 160 Å². The molecule has 1 aromatic heterocycles. The van der Waals surface area contributed by atoms with Crippen LogP contribution in [0.25, 0.3) is 0 Å². The number of hydrogen-bond acceptors (Lipinski definition) is 4. The van der Waals surface area contributed by atoms with E-state index in [0.29, 0.717) is 17.3 Å². The average molecular weight is 399 g/mol. The molecule has 146 valence electrons. The Hall–Kier alpha value is -2.26. The Morgan fingerprint density at radius 2 is 1.89 bits per heavy atom. The summed E-state index contributed by atoms with van der Waals surface area (Å²) in [5, 5.41) is 6.50. The third kappa shape index (κ3) is 5.86. The van der Waals surface area contributed by atoms with Crippen molar-refractivity contribution in [3.05, 3.63) is 48.4 Å². The summed E-state index contributed by atoms with van der Waals surface area (Å²) in [7, 11) is 0. The Balaban J connectivity index is 1.53. The maximum atomic E-state index is 12.2. The zero-order valence-electron chi connectivity index (χ0n) is 14.5. The first-order valence-corrected chi connectivity index (χ1v) is 9.00. The van der Waals surface area contributed by atoms with E-state index in [9.17, 15) is 13.2 Å². The van der Waals surface area contributed by atoms with E-state index < -0.39 is 6.36 Å². The summed E-state index contributed by atoms with van der Waals surface area (Å²) < 4.78 is 46.0. The highest BCUT2D eigenvalue weighted by Crippen LogP contribution is 2.25. The van der Waals surface area contributed by atoms with Gasteiger partial charge in [0.05, 0.1) is 12.3 Å². The van der Waals surface area contributed by atoms with Crippen LogP contribution in [-0.4, -0.2) is 36.0 Å². The van der Waals surface area contributed by atoms with Crippen LogP contribution in [0, 0.1) is 0 Å². The third-order valence-corrected chi connectivity index (χ3v) is 4.50. The smallest absolute Gasteiger partial charge is 0.468 e. The highest BCUT2D eigenvalue weighted by Gasteiger charge is 2.31. The van der Waals surface area contributed by atoms with Crippen molar-refractivity contribution in [2.24, 2.45) is 0 Å². The zero-order valence-corrected chi connectivity index (χ0v) is 15.3. The number of thiocarbonyl (C=S) groups is 1. The quantitative estimate of drug-likeness (QED) is 0.707. The number of likely N-dealkylation sites (tertiary alicyclic amines) is 1. The monoisotopic (exact) mass is 399 g/mol. The number of alkyl halides is 3. The second-order valence-corrected chi connectivity index (χ2v) is 6.59. The van der Waals surface area contributed by atoms with Gasteiger partial charge in [-0.2, -0.15) is 0 Å². The van der Waals surface area contributed by atoms with E-state index in [-0.39, 0.29) is 11.8 Å². The van der Waals surface area contributed by atoms with E-state index in [1.807, 2.05) is 12.1 Å². The van der Waals surface area contributed by atoms with Gasteiger partial charge in [0.1, 0.15) is 11.5 Å². The Bertz CT molecular complexity index is 729. The summed E-state index contributed by atoms with van der Waals surface area (Å²) >= 11 is 5.30. The van der Waals surface area contributed by atoms with E-state index in [2.05, 4.69) is 20.3 Å². The molecular weight excluding hydrogens is 379 g/mol. The number of benzene rings is 1. The predicted octanol–water partition coefficient (Wildman–Crippen LogP) is 4.30. The topological polar surface area (TPSA) is 49.7 Å². The molecule has 27 heavy (non-hydrogen) atoms. The van der Waals surface area contributed by atoms with E-state index in [0.717, 1.165) is 31.7 Å². The molecule has 0 unspecified atom stereocenters. The zero-order chi connectivity index (χ0) is 19.3. The number of nitrogens with zero attached hydrogens (tertiary/aromatic N) is 1. The van der Waals surface area contributed by atoms with Crippen molar-refractivity contribution >= 4 is 23.0 Å². The van der Waals surface area contributed by atoms with Crippen LogP contribution < -0.4 is 15.4 Å². The van der Waals surface area contributed by atoms with Crippen molar-refractivity contribution in [3.63, 3.8) is 0 Å². The number of halogens is 3. The third-order valence-electron chi connectivity index (χ3n) is 4.25. The summed E-state index contributed by atoms with van der Waals surface area (Å²) in [6.45, 7) is 2.58. The molecule has 0 saturated carbocycles. The lowest BCUT2D eigenvalue weighted by molar-refractivity contribution is -0.274. The van der Waals surface area contributed by atoms with Gasteiger partial charge in [-0.05, 0) is 74.5 Å². The van der Waals surface area contributed by atoms with Gasteiger partial charge in [0.25, 0.3) is 0 Å². The number of nitrogens with one attached hydrogen (secondary N) is 2. The van der Waals surface area contributed by atoms with Crippen molar-refractivity contribution < 1.29 is 22.3 Å². The first-order valence-electron chi connectivity index (χ1n) is 8.59. The van der Waals surface area contributed by atoms with E-state index in [1.165, 1.54) is 24.3 Å². The maximum absolute atomic E-state index is 12.2. The molecule has 5 nitrogen and oxygen atoms in total. The molecule has 0 radical (unpaired) electrons. The van der Waals surface area contributed by atoms with Crippen LogP contribution in [0.2, 0.25) is 0 Å². The molecule has 2 aromatic rings. The molecule has 1 atom stereocenters. The summed E-state index contributed by atoms with van der Waals surface area (Å²) in [6.07, 6.45) is -0.736. The van der Waals surface area contributed by atoms with Gasteiger partial charge in [-0.15, -0.1) is 13.2 Å². The van der Waals surface area contributed by atoms with Crippen molar-refractivity contribution in [1.29, 1.82) is 0 Å². The minimum atomic E-state index is -4.71. The molecule has 0 spiro atoms. The predicted molar refractivity (Wildman–Crippen MR) is 99.6 cm³/mol. The van der Waals surface area contributed by atoms with Gasteiger partial charge in [0.15, 0.2) is 5.11 Å². The molecule has 0 aliphatic carbocycles. The minimum absolute atomic E-state index is 0.0739. The summed E-state index contributed by atoms with van der Waals surface area (Å²) in [5.41, 5.74) is 0.567. The molecule has 0 amide bonds. The van der Waals surface area contributed by atoms with Gasteiger partial charge in [-0.1, -0.05) is 0 Å². The molecule has 0 bridgehead atoms. The van der Waals surface area contributed by atoms with Crippen LogP contribution in [0.5, 0.6) is 5.75 Å². The molecule has 1 aromatic carbocycles. The van der Waals surface area contributed by atoms with Crippen LogP contribution >= 0.6 is 12.2 Å². The highest BCUT2D eigenvalue weighted by molar-refractivity contribution is 7.80. The van der Waals surface area contributed by atoms with Crippen LogP contribution in [-0.2, 0) is 0 Å². The molecule has 1 aliphatic heterocycles. The molecule has 2 heterocycles. The fourth-order valence-electron chi connectivity index (χ4n) is 3.05. The first-order chi connectivity index (χ1) is 12.9. The van der Waals surface area contributed by atoms with Crippen molar-refractivity contribution in [1.82, 2.24) is 10.2 Å². The summed E-state index contributed by atoms with van der Waals surface area (Å²) in [5.74, 6) is 0.597. The van der Waals surface area contributed by atoms with Crippen LogP contribution in [0.1, 0.15) is 24.6 Å². The Morgan fingerprint density at radius 1 is 1.19 bits per heavy atom. The van der Waals surface area contributed by atoms with Crippen molar-refractivity contribution in [2.45, 2.75) is 25.2 Å². The van der Waals surface area contributed by atoms with E-state index in [1.54, 1.807) is 6.26 Å². The number of rotatable bonds is 6. The van der Waals surface area contributed by atoms with E-state index in [4.69, 9.17) is 16.6 Å². The first kappa shape index (κ1) is 19.5. The lowest BCUT2D eigenvalue weighted by Gasteiger charge is -2.26. The number of furan rings is 1. The molecule has 2 N–H and O–H groups in total. The Kier molecular flexibility index (Phi) is 6.22. The second-order valence-electron chi connectivity index (χ2n) is 6.18. The van der Waals surface area contributed by atoms with Gasteiger partial charge in [-0.3, -0.25) is 4.90 Å². The molecular formula is C18H20F3N3O2S. The number of hydrogen-bond donors (Lipinski definition) is 2. The van der Waals surface area contributed by atoms with Gasteiger partial charge in [-0.25, -0.2) is 0 Å². The molecule has 1 aliphatic rings. The standard InChI is InChI=1S/C18H20F3N3O2S/c19-18(20,21)26-14-7-5-13(6-8-14)23-17(27)22-12-15(16-4-3-11-25-16)24-9-1-2-10-24/h3-8,11,15H,1-2,9-10,12H2,(H2,22,23,27)/t15-/m1/s1. The fraction of sp³-hybridized carbons (Fsp3) is 0.389. The highest BCUT2D eigenvalue weighted by atomic mass is 32.1. The van der Waals surface area contributed by atoms with Gasteiger partial charge < -0.3 is 19.8 Å². The van der Waals surface area contributed by atoms with Crippen molar-refractivity contribution in [3.8, 4) is 5.75 Å². The van der Waals surface area contributed by atoms with E-state index >= 15 is 0 Å². The molecule has 1 fully saturated rings. The molecule has 9 heteroatoms. The van der Waals surface area contributed by atoms with Gasteiger partial charge in [0.2, 0.25) is 0 Å². The Morgan fingerprint density at radius 3 is 2.48 bits per heavy atom. The largest absolute Gasteiger partial charge is 0.573 e. The number of anilines is 1. The lowest BCUT2D eigenvalue weighted by atomic mass is 10.2. The summed E-state index contributed by atoms with van der Waals surface area (Å²) in [6, 6.07) is 9.28. The molecule has 1 saturated heterocycles. The second kappa shape index (κ2) is 8.62. The minimum Gasteiger partial charge on any atom is -0.468 e. The SMILES string of the molecule is FC(F)(F)Oc1ccc(NC(=S)NC[C@H](c2ccco2)N2CCCC2)cc1. The summed E-state index contributed by atoms with van der Waals surface area (Å²) in [4.78, 5) is 2.34. The van der Waals surface area contributed by atoms with Crippen LogP contribution in [0.3, 0.4) is 0 Å². The maximum Gasteiger partial charge on any atom is 0.573 e. The fourth-order valence-corrected chi connectivity index (χ4v) is 3.25. The van der Waals surface area contributed by atoms with Gasteiger partial charge >= 0.3 is 6.36 Å². The normalized spacial score (nSPS) is 16.1. The van der Waals surface area contributed by atoms with Crippen LogP contribution in [0.15, 0.2) is 47.1 Å². The van der Waals surface area contributed by atoms with Crippen molar-refractivity contribution in [2.75, 3.05) is 25.0 Å². The average Bonchev–Trinajstić information content (AvgIpc) is 3.30.